The van der Waals surface area contributed by atoms with E-state index in [0.29, 0.717) is 19.5 Å². The minimum absolute atomic E-state index is 0.0536. The molecule has 1 aromatic rings. The summed E-state index contributed by atoms with van der Waals surface area (Å²) in [6.07, 6.45) is 8.58. The van der Waals surface area contributed by atoms with Gasteiger partial charge in [0.2, 0.25) is 11.8 Å². The van der Waals surface area contributed by atoms with Gasteiger partial charge in [0.1, 0.15) is 0 Å². The highest BCUT2D eigenvalue weighted by Crippen LogP contribution is 2.60. The zero-order chi connectivity index (χ0) is 18.0. The van der Waals surface area contributed by atoms with Crippen LogP contribution in [0.4, 0.5) is 0 Å². The largest absolute Gasteiger partial charge is 0.354 e. The van der Waals surface area contributed by atoms with Crippen LogP contribution < -0.4 is 10.6 Å². The van der Waals surface area contributed by atoms with Crippen molar-refractivity contribution in [3.8, 4) is 0 Å². The molecule has 4 fully saturated rings. The van der Waals surface area contributed by atoms with Crippen LogP contribution in [-0.4, -0.2) is 24.9 Å². The van der Waals surface area contributed by atoms with E-state index >= 15 is 0 Å². The summed E-state index contributed by atoms with van der Waals surface area (Å²) in [7, 11) is 0. The summed E-state index contributed by atoms with van der Waals surface area (Å²) < 4.78 is 0. The third-order valence-corrected chi connectivity index (χ3v) is 6.74. The molecule has 4 bridgehead atoms. The van der Waals surface area contributed by atoms with E-state index in [-0.39, 0.29) is 17.2 Å². The van der Waals surface area contributed by atoms with Gasteiger partial charge in [-0.3, -0.25) is 9.59 Å². The van der Waals surface area contributed by atoms with E-state index in [1.807, 2.05) is 30.3 Å². The topological polar surface area (TPSA) is 58.2 Å². The molecule has 0 radical (unpaired) electrons. The van der Waals surface area contributed by atoms with Gasteiger partial charge in [0.05, 0.1) is 0 Å². The van der Waals surface area contributed by atoms with Gasteiger partial charge in [0.25, 0.3) is 0 Å². The maximum Gasteiger partial charge on any atom is 0.226 e. The zero-order valence-electron chi connectivity index (χ0n) is 15.5. The Morgan fingerprint density at radius 2 is 1.46 bits per heavy atom. The molecule has 0 saturated heterocycles. The Hall–Kier alpha value is -1.84. The first-order valence-electron chi connectivity index (χ1n) is 10.2. The minimum atomic E-state index is -0.0912. The van der Waals surface area contributed by atoms with E-state index in [2.05, 4.69) is 10.6 Å². The van der Waals surface area contributed by atoms with Crippen molar-refractivity contribution in [2.45, 2.75) is 51.4 Å². The molecule has 4 aliphatic rings. The lowest BCUT2D eigenvalue weighted by atomic mass is 9.49. The number of rotatable bonds is 7. The second-order valence-electron chi connectivity index (χ2n) is 8.79. The first-order chi connectivity index (χ1) is 12.6. The maximum atomic E-state index is 12.8. The summed E-state index contributed by atoms with van der Waals surface area (Å²) in [4.78, 5) is 24.8. The Morgan fingerprint density at radius 3 is 2.08 bits per heavy atom. The Labute approximate surface area is 156 Å². The second kappa shape index (κ2) is 7.42. The van der Waals surface area contributed by atoms with Crippen LogP contribution >= 0.6 is 0 Å². The van der Waals surface area contributed by atoms with Crippen LogP contribution in [0.1, 0.15) is 50.5 Å². The second-order valence-corrected chi connectivity index (χ2v) is 8.79. The van der Waals surface area contributed by atoms with Crippen LogP contribution in [0.5, 0.6) is 0 Å². The molecule has 0 unspecified atom stereocenters. The van der Waals surface area contributed by atoms with Crippen molar-refractivity contribution in [1.29, 1.82) is 0 Å². The highest BCUT2D eigenvalue weighted by Gasteiger charge is 2.54. The van der Waals surface area contributed by atoms with Crippen molar-refractivity contribution < 1.29 is 9.59 Å². The van der Waals surface area contributed by atoms with Crippen molar-refractivity contribution in [3.63, 3.8) is 0 Å². The van der Waals surface area contributed by atoms with Crippen molar-refractivity contribution in [2.75, 3.05) is 13.1 Å². The molecule has 2 N–H and O–H groups in total. The van der Waals surface area contributed by atoms with E-state index in [1.165, 1.54) is 24.8 Å². The smallest absolute Gasteiger partial charge is 0.226 e. The van der Waals surface area contributed by atoms with E-state index in [1.54, 1.807) is 0 Å². The molecule has 26 heavy (non-hydrogen) atoms. The van der Waals surface area contributed by atoms with Gasteiger partial charge in [-0.1, -0.05) is 30.3 Å². The molecule has 2 amide bonds. The fraction of sp³-hybridized carbons (Fsp3) is 0.636. The Balaban J connectivity index is 1.17. The molecule has 4 aliphatic carbocycles. The summed E-state index contributed by atoms with van der Waals surface area (Å²) in [6, 6.07) is 10.1. The van der Waals surface area contributed by atoms with Gasteiger partial charge in [-0.25, -0.2) is 0 Å². The lowest BCUT2D eigenvalue weighted by Gasteiger charge is -2.55. The number of nitrogens with one attached hydrogen (secondary N) is 2. The summed E-state index contributed by atoms with van der Waals surface area (Å²) in [6.45, 7) is 1.06. The van der Waals surface area contributed by atoms with E-state index < -0.39 is 0 Å². The van der Waals surface area contributed by atoms with Crippen LogP contribution in [0.25, 0.3) is 0 Å². The van der Waals surface area contributed by atoms with Gasteiger partial charge in [-0.2, -0.15) is 0 Å². The summed E-state index contributed by atoms with van der Waals surface area (Å²) >= 11 is 0. The first kappa shape index (κ1) is 17.6. The molecule has 0 spiro atoms. The minimum Gasteiger partial charge on any atom is -0.354 e. The number of hydrogen-bond donors (Lipinski definition) is 2. The monoisotopic (exact) mass is 354 g/mol. The molecule has 4 nitrogen and oxygen atoms in total. The van der Waals surface area contributed by atoms with Crippen LogP contribution in [0.15, 0.2) is 30.3 Å². The third kappa shape index (κ3) is 3.79. The first-order valence-corrected chi connectivity index (χ1v) is 10.2. The fourth-order valence-corrected chi connectivity index (χ4v) is 5.95. The Bertz CT molecular complexity index is 620. The molecule has 0 aromatic heterocycles. The number of hydrogen-bond acceptors (Lipinski definition) is 2. The Morgan fingerprint density at radius 1 is 0.885 bits per heavy atom. The highest BCUT2D eigenvalue weighted by molar-refractivity contribution is 5.83. The molecule has 4 heteroatoms. The standard InChI is InChI=1S/C22H30N2O2/c25-20(7-6-16-4-2-1-3-5-16)23-8-9-24-21(26)22-13-17-10-18(14-22)12-19(11-17)15-22/h1-5,17-19H,6-15H2,(H,23,25)(H,24,26). The number of aryl methyl sites for hydroxylation is 1. The zero-order valence-corrected chi connectivity index (χ0v) is 15.5. The van der Waals surface area contributed by atoms with Gasteiger partial charge in [0, 0.05) is 24.9 Å². The van der Waals surface area contributed by atoms with E-state index in [0.717, 1.165) is 43.4 Å². The van der Waals surface area contributed by atoms with Crippen molar-refractivity contribution in [3.05, 3.63) is 35.9 Å². The van der Waals surface area contributed by atoms with Crippen molar-refractivity contribution >= 4 is 11.8 Å². The average molecular weight is 354 g/mol. The van der Waals surface area contributed by atoms with Gasteiger partial charge in [-0.05, 0) is 68.3 Å². The van der Waals surface area contributed by atoms with Crippen LogP contribution in [0, 0.1) is 23.2 Å². The number of benzene rings is 1. The van der Waals surface area contributed by atoms with Crippen molar-refractivity contribution in [2.24, 2.45) is 23.2 Å². The number of carbonyl (C=O) groups is 2. The molecule has 1 aromatic carbocycles. The van der Waals surface area contributed by atoms with Gasteiger partial charge < -0.3 is 10.6 Å². The summed E-state index contributed by atoms with van der Waals surface area (Å²) in [5.41, 5.74) is 1.09. The van der Waals surface area contributed by atoms with Crippen LogP contribution in [-0.2, 0) is 16.0 Å². The quantitative estimate of drug-likeness (QED) is 0.740. The maximum absolute atomic E-state index is 12.8. The van der Waals surface area contributed by atoms with E-state index in [4.69, 9.17) is 0 Å². The molecule has 4 saturated carbocycles. The summed E-state index contributed by atoms with van der Waals surface area (Å²) in [5, 5.41) is 6.04. The number of amides is 2. The predicted octanol–water partition coefficient (Wildman–Crippen LogP) is 3.07. The molecular weight excluding hydrogens is 324 g/mol. The van der Waals surface area contributed by atoms with Gasteiger partial charge >= 0.3 is 0 Å². The molecule has 0 atom stereocenters. The normalized spacial score (nSPS) is 31.6. The van der Waals surface area contributed by atoms with Crippen LogP contribution in [0.2, 0.25) is 0 Å². The van der Waals surface area contributed by atoms with Gasteiger partial charge in [0.15, 0.2) is 0 Å². The molecule has 5 rings (SSSR count). The van der Waals surface area contributed by atoms with Crippen molar-refractivity contribution in [1.82, 2.24) is 10.6 Å². The van der Waals surface area contributed by atoms with Gasteiger partial charge in [-0.15, -0.1) is 0 Å². The fourth-order valence-electron chi connectivity index (χ4n) is 5.95. The molecular formula is C22H30N2O2. The average Bonchev–Trinajstić information content (AvgIpc) is 2.63. The predicted molar refractivity (Wildman–Crippen MR) is 101 cm³/mol. The Kier molecular flexibility index (Phi) is 5.01. The highest BCUT2D eigenvalue weighted by atomic mass is 16.2. The summed E-state index contributed by atoms with van der Waals surface area (Å²) in [5.74, 6) is 2.65. The lowest BCUT2D eigenvalue weighted by molar-refractivity contribution is -0.146. The van der Waals surface area contributed by atoms with E-state index in [9.17, 15) is 9.59 Å². The SMILES string of the molecule is O=C(CCc1ccccc1)NCCNC(=O)C12CC3CC(CC(C3)C1)C2. The molecule has 0 heterocycles. The molecule has 140 valence electrons. The molecule has 0 aliphatic heterocycles. The third-order valence-electron chi connectivity index (χ3n) is 6.74. The number of carbonyl (C=O) groups excluding carboxylic acids is 2. The van der Waals surface area contributed by atoms with Crippen LogP contribution in [0.3, 0.4) is 0 Å². The lowest BCUT2D eigenvalue weighted by Crippen LogP contribution is -2.54.